The fourth-order valence-corrected chi connectivity index (χ4v) is 2.56. The first-order valence-corrected chi connectivity index (χ1v) is 6.87. The van der Waals surface area contributed by atoms with E-state index in [-0.39, 0.29) is 23.4 Å². The molecule has 1 fully saturated rings. The smallest absolute Gasteiger partial charge is 0.337 e. The molecule has 5 heteroatoms. The Morgan fingerprint density at radius 1 is 1.25 bits per heavy atom. The number of nitrogens with two attached hydrogens (primary N) is 1. The minimum absolute atomic E-state index is 0.0715. The molecule has 1 aromatic rings. The van der Waals surface area contributed by atoms with Crippen molar-refractivity contribution in [1.29, 1.82) is 0 Å². The second kappa shape index (κ2) is 6.05. The van der Waals surface area contributed by atoms with Crippen molar-refractivity contribution in [2.24, 2.45) is 11.7 Å². The summed E-state index contributed by atoms with van der Waals surface area (Å²) in [4.78, 5) is 23.4. The van der Waals surface area contributed by atoms with Crippen LogP contribution in [-0.2, 0) is 4.79 Å². The molecule has 0 bridgehead atoms. The largest absolute Gasteiger partial charge is 0.478 e. The molecule has 0 heterocycles. The summed E-state index contributed by atoms with van der Waals surface area (Å²) in [6.45, 7) is 1.82. The Hall–Kier alpha value is -1.88. The molecule has 1 aliphatic rings. The molecule has 5 nitrogen and oxygen atoms in total. The summed E-state index contributed by atoms with van der Waals surface area (Å²) in [5.74, 6) is -1.21. The highest BCUT2D eigenvalue weighted by Crippen LogP contribution is 2.25. The monoisotopic (exact) mass is 276 g/mol. The van der Waals surface area contributed by atoms with E-state index in [9.17, 15) is 14.7 Å². The van der Waals surface area contributed by atoms with Crippen LogP contribution >= 0.6 is 0 Å². The number of anilines is 1. The highest BCUT2D eigenvalue weighted by Gasteiger charge is 2.25. The van der Waals surface area contributed by atoms with Crippen molar-refractivity contribution >= 4 is 17.6 Å². The number of carbonyl (C=O) groups is 2. The molecule has 0 saturated heterocycles. The SMILES string of the molecule is Cc1ccc(NC(=O)C2CCC(N)CC2)c(C(=O)O)c1. The molecular formula is C15H20N2O3. The Morgan fingerprint density at radius 2 is 1.90 bits per heavy atom. The van der Waals surface area contributed by atoms with Crippen LogP contribution in [0.1, 0.15) is 41.6 Å². The maximum absolute atomic E-state index is 12.2. The van der Waals surface area contributed by atoms with Crippen molar-refractivity contribution in [1.82, 2.24) is 0 Å². The van der Waals surface area contributed by atoms with Crippen LogP contribution in [0.2, 0.25) is 0 Å². The minimum atomic E-state index is -1.03. The van der Waals surface area contributed by atoms with E-state index in [0.29, 0.717) is 5.69 Å². The Bertz CT molecular complexity index is 520. The van der Waals surface area contributed by atoms with E-state index >= 15 is 0 Å². The summed E-state index contributed by atoms with van der Waals surface area (Å²) >= 11 is 0. The number of carboxylic acids is 1. The van der Waals surface area contributed by atoms with Gasteiger partial charge in [0.05, 0.1) is 11.3 Å². The third kappa shape index (κ3) is 3.36. The molecule has 4 N–H and O–H groups in total. The fourth-order valence-electron chi connectivity index (χ4n) is 2.56. The van der Waals surface area contributed by atoms with Crippen LogP contribution in [0.4, 0.5) is 5.69 Å². The summed E-state index contributed by atoms with van der Waals surface area (Å²) in [6, 6.07) is 5.19. The van der Waals surface area contributed by atoms with E-state index in [2.05, 4.69) is 5.32 Å². The molecule has 0 aromatic heterocycles. The van der Waals surface area contributed by atoms with Gasteiger partial charge in [0.25, 0.3) is 0 Å². The fraction of sp³-hybridized carbons (Fsp3) is 0.467. The summed E-state index contributed by atoms with van der Waals surface area (Å²) in [6.07, 6.45) is 3.22. The van der Waals surface area contributed by atoms with Crippen LogP contribution in [0.15, 0.2) is 18.2 Å². The quantitative estimate of drug-likeness (QED) is 0.788. The lowest BCUT2D eigenvalue weighted by Gasteiger charge is -2.25. The predicted molar refractivity (Wildman–Crippen MR) is 76.7 cm³/mol. The van der Waals surface area contributed by atoms with Crippen LogP contribution in [-0.4, -0.2) is 23.0 Å². The molecule has 20 heavy (non-hydrogen) atoms. The van der Waals surface area contributed by atoms with Gasteiger partial charge in [-0.2, -0.15) is 0 Å². The van der Waals surface area contributed by atoms with Gasteiger partial charge in [0.2, 0.25) is 5.91 Å². The summed E-state index contributed by atoms with van der Waals surface area (Å²) in [7, 11) is 0. The van der Waals surface area contributed by atoms with Crippen molar-refractivity contribution < 1.29 is 14.7 Å². The molecule has 1 aliphatic carbocycles. The second-order valence-corrected chi connectivity index (χ2v) is 5.46. The number of aromatic carboxylic acids is 1. The van der Waals surface area contributed by atoms with Crippen molar-refractivity contribution in [3.8, 4) is 0 Å². The van der Waals surface area contributed by atoms with Crippen LogP contribution in [0.25, 0.3) is 0 Å². The highest BCUT2D eigenvalue weighted by molar-refractivity contribution is 6.01. The molecule has 0 unspecified atom stereocenters. The third-order valence-corrected chi connectivity index (χ3v) is 3.81. The number of nitrogens with one attached hydrogen (secondary N) is 1. The van der Waals surface area contributed by atoms with E-state index in [0.717, 1.165) is 31.2 Å². The maximum Gasteiger partial charge on any atom is 0.337 e. The molecule has 1 saturated carbocycles. The van der Waals surface area contributed by atoms with Crippen molar-refractivity contribution in [2.75, 3.05) is 5.32 Å². The number of hydrogen-bond acceptors (Lipinski definition) is 3. The van der Waals surface area contributed by atoms with Crippen LogP contribution in [0.5, 0.6) is 0 Å². The topological polar surface area (TPSA) is 92.4 Å². The van der Waals surface area contributed by atoms with Crippen molar-refractivity contribution in [3.05, 3.63) is 29.3 Å². The maximum atomic E-state index is 12.2. The van der Waals surface area contributed by atoms with E-state index in [1.165, 1.54) is 0 Å². The van der Waals surface area contributed by atoms with Crippen LogP contribution in [0, 0.1) is 12.8 Å². The molecule has 0 radical (unpaired) electrons. The Morgan fingerprint density at radius 3 is 2.50 bits per heavy atom. The van der Waals surface area contributed by atoms with Crippen molar-refractivity contribution in [3.63, 3.8) is 0 Å². The lowest BCUT2D eigenvalue weighted by Crippen LogP contribution is -2.32. The molecule has 0 spiro atoms. The number of aryl methyl sites for hydroxylation is 1. The molecule has 0 atom stereocenters. The predicted octanol–water partition coefficient (Wildman–Crippen LogP) is 2.15. The zero-order valence-electron chi connectivity index (χ0n) is 11.6. The van der Waals surface area contributed by atoms with Gasteiger partial charge in [0.1, 0.15) is 0 Å². The first kappa shape index (κ1) is 14.5. The van der Waals surface area contributed by atoms with Gasteiger partial charge >= 0.3 is 5.97 Å². The van der Waals surface area contributed by atoms with Gasteiger partial charge in [-0.05, 0) is 44.7 Å². The first-order chi connectivity index (χ1) is 9.47. The third-order valence-electron chi connectivity index (χ3n) is 3.81. The van der Waals surface area contributed by atoms with E-state index in [1.54, 1.807) is 18.2 Å². The Balaban J connectivity index is 2.10. The summed E-state index contributed by atoms with van der Waals surface area (Å²) in [5.41, 5.74) is 7.17. The van der Waals surface area contributed by atoms with Gasteiger partial charge in [-0.1, -0.05) is 11.6 Å². The lowest BCUT2D eigenvalue weighted by atomic mass is 9.86. The molecule has 1 aromatic carbocycles. The second-order valence-electron chi connectivity index (χ2n) is 5.46. The number of hydrogen-bond donors (Lipinski definition) is 3. The zero-order chi connectivity index (χ0) is 14.7. The Kier molecular flexibility index (Phi) is 4.39. The number of carboxylic acid groups (broad SMARTS) is 1. The van der Waals surface area contributed by atoms with Crippen LogP contribution in [0.3, 0.4) is 0 Å². The van der Waals surface area contributed by atoms with Crippen LogP contribution < -0.4 is 11.1 Å². The molecule has 2 rings (SSSR count). The number of rotatable bonds is 3. The average Bonchev–Trinajstić information content (AvgIpc) is 2.41. The highest BCUT2D eigenvalue weighted by atomic mass is 16.4. The molecule has 1 amide bonds. The first-order valence-electron chi connectivity index (χ1n) is 6.87. The van der Waals surface area contributed by atoms with Gasteiger partial charge in [-0.3, -0.25) is 4.79 Å². The normalized spacial score (nSPS) is 22.3. The van der Waals surface area contributed by atoms with Gasteiger partial charge in [0.15, 0.2) is 0 Å². The van der Waals surface area contributed by atoms with Crippen molar-refractivity contribution in [2.45, 2.75) is 38.6 Å². The average molecular weight is 276 g/mol. The van der Waals surface area contributed by atoms with Gasteiger partial charge < -0.3 is 16.2 Å². The van der Waals surface area contributed by atoms with Gasteiger partial charge in [-0.15, -0.1) is 0 Å². The Labute approximate surface area is 118 Å². The number of benzene rings is 1. The molecule has 108 valence electrons. The van der Waals surface area contributed by atoms with E-state index < -0.39 is 5.97 Å². The van der Waals surface area contributed by atoms with E-state index in [4.69, 9.17) is 5.73 Å². The van der Waals surface area contributed by atoms with Gasteiger partial charge in [0, 0.05) is 12.0 Å². The minimum Gasteiger partial charge on any atom is -0.478 e. The summed E-state index contributed by atoms with van der Waals surface area (Å²) < 4.78 is 0. The standard InChI is InChI=1S/C15H20N2O3/c1-9-2-7-13(12(8-9)15(19)20)17-14(18)10-3-5-11(16)6-4-10/h2,7-8,10-11H,3-6,16H2,1H3,(H,17,18)(H,19,20). The lowest BCUT2D eigenvalue weighted by molar-refractivity contribution is -0.120. The molecule has 0 aliphatic heterocycles. The molecular weight excluding hydrogens is 256 g/mol. The van der Waals surface area contributed by atoms with Gasteiger partial charge in [-0.25, -0.2) is 4.79 Å². The number of amides is 1. The zero-order valence-corrected chi connectivity index (χ0v) is 11.6. The number of carbonyl (C=O) groups excluding carboxylic acids is 1. The van der Waals surface area contributed by atoms with E-state index in [1.807, 2.05) is 6.92 Å². The summed E-state index contributed by atoms with van der Waals surface area (Å²) in [5, 5.41) is 11.9.